The fraction of sp³-hybridized carbons (Fsp3) is 0.333. The minimum atomic E-state index is -0.262. The van der Waals surface area contributed by atoms with Crippen molar-refractivity contribution < 1.29 is 14.7 Å². The van der Waals surface area contributed by atoms with Gasteiger partial charge in [0.1, 0.15) is 0 Å². The fourth-order valence-corrected chi connectivity index (χ4v) is 1.74. The van der Waals surface area contributed by atoms with Crippen molar-refractivity contribution in [3.8, 4) is 0 Å². The maximum atomic E-state index is 12.1. The molecule has 5 heteroatoms. The van der Waals surface area contributed by atoms with E-state index < -0.39 is 0 Å². The number of oxime groups is 1. The number of ether oxygens (including phenoxy) is 1. The lowest BCUT2D eigenvalue weighted by molar-refractivity contribution is -0.128. The molecule has 1 aliphatic rings. The highest BCUT2D eigenvalue weighted by atomic mass is 16.5. The molecule has 1 aromatic carbocycles. The second kappa shape index (κ2) is 5.45. The van der Waals surface area contributed by atoms with Crippen LogP contribution in [-0.4, -0.2) is 48.0 Å². The van der Waals surface area contributed by atoms with Crippen LogP contribution in [0.2, 0.25) is 0 Å². The lowest BCUT2D eigenvalue weighted by Gasteiger charge is -2.26. The van der Waals surface area contributed by atoms with Crippen molar-refractivity contribution in [3.05, 3.63) is 35.9 Å². The third-order valence-corrected chi connectivity index (χ3v) is 2.65. The Morgan fingerprint density at radius 2 is 1.88 bits per heavy atom. The summed E-state index contributed by atoms with van der Waals surface area (Å²) in [5.41, 5.74) is 0.694. The number of hydrogen-bond donors (Lipinski definition) is 1. The van der Waals surface area contributed by atoms with E-state index in [-0.39, 0.29) is 11.6 Å². The fourth-order valence-electron chi connectivity index (χ4n) is 1.74. The van der Waals surface area contributed by atoms with Gasteiger partial charge in [0.05, 0.1) is 13.2 Å². The Morgan fingerprint density at radius 3 is 2.47 bits per heavy atom. The van der Waals surface area contributed by atoms with Crippen molar-refractivity contribution in [1.82, 2.24) is 4.90 Å². The molecule has 1 heterocycles. The SMILES string of the molecule is O=C(/C(=N/O)c1ccccc1)N1CCOCC1. The molecule has 0 unspecified atom stereocenters. The van der Waals surface area contributed by atoms with Gasteiger partial charge in [-0.1, -0.05) is 35.5 Å². The number of amides is 1. The summed E-state index contributed by atoms with van der Waals surface area (Å²) in [6, 6.07) is 8.93. The number of nitrogens with zero attached hydrogens (tertiary/aromatic N) is 2. The molecule has 1 fully saturated rings. The summed E-state index contributed by atoms with van der Waals surface area (Å²) in [6.45, 7) is 2.12. The first-order valence-corrected chi connectivity index (χ1v) is 5.47. The number of carbonyl (C=O) groups excluding carboxylic acids is 1. The standard InChI is InChI=1S/C12H14N2O3/c15-12(14-6-8-17-9-7-14)11(13-16)10-4-2-1-3-5-10/h1-5,16H,6-9H2/b13-11+. The molecular formula is C12H14N2O3. The molecule has 0 atom stereocenters. The molecule has 1 aromatic rings. The molecule has 0 aromatic heterocycles. The van der Waals surface area contributed by atoms with Crippen LogP contribution in [0.15, 0.2) is 35.5 Å². The molecular weight excluding hydrogens is 220 g/mol. The van der Waals surface area contributed by atoms with Crippen LogP contribution in [0.5, 0.6) is 0 Å². The summed E-state index contributed by atoms with van der Waals surface area (Å²) in [5.74, 6) is -0.262. The molecule has 1 saturated heterocycles. The molecule has 0 saturated carbocycles. The maximum absolute atomic E-state index is 12.1. The van der Waals surface area contributed by atoms with Crippen LogP contribution >= 0.6 is 0 Å². The van der Waals surface area contributed by atoms with Gasteiger partial charge in [-0.25, -0.2) is 0 Å². The van der Waals surface area contributed by atoms with Crippen molar-refractivity contribution in [2.45, 2.75) is 0 Å². The summed E-state index contributed by atoms with van der Waals surface area (Å²) < 4.78 is 5.17. The van der Waals surface area contributed by atoms with Crippen molar-refractivity contribution in [2.24, 2.45) is 5.16 Å². The molecule has 1 amide bonds. The zero-order valence-electron chi connectivity index (χ0n) is 9.37. The van der Waals surface area contributed by atoms with E-state index >= 15 is 0 Å². The highest BCUT2D eigenvalue weighted by molar-refractivity contribution is 6.45. The second-order valence-electron chi connectivity index (χ2n) is 3.72. The smallest absolute Gasteiger partial charge is 0.276 e. The van der Waals surface area contributed by atoms with Crippen LogP contribution < -0.4 is 0 Å². The minimum absolute atomic E-state index is 0.0764. The van der Waals surface area contributed by atoms with Gasteiger partial charge in [-0.15, -0.1) is 0 Å². The molecule has 90 valence electrons. The largest absolute Gasteiger partial charge is 0.410 e. The number of rotatable bonds is 2. The number of morpholine rings is 1. The highest BCUT2D eigenvalue weighted by Gasteiger charge is 2.23. The van der Waals surface area contributed by atoms with E-state index in [0.717, 1.165) is 0 Å². The van der Waals surface area contributed by atoms with Gasteiger partial charge in [-0.05, 0) is 0 Å². The van der Waals surface area contributed by atoms with E-state index in [2.05, 4.69) is 5.16 Å². The molecule has 0 bridgehead atoms. The van der Waals surface area contributed by atoms with Crippen LogP contribution in [0.1, 0.15) is 5.56 Å². The first-order chi connectivity index (χ1) is 8.33. The Labute approximate surface area is 99.3 Å². The second-order valence-corrected chi connectivity index (χ2v) is 3.72. The minimum Gasteiger partial charge on any atom is -0.410 e. The molecule has 1 aliphatic heterocycles. The summed E-state index contributed by atoms with van der Waals surface area (Å²) in [6.07, 6.45) is 0. The molecule has 17 heavy (non-hydrogen) atoms. The van der Waals surface area contributed by atoms with Crippen LogP contribution in [0.4, 0.5) is 0 Å². The molecule has 5 nitrogen and oxygen atoms in total. The molecule has 0 aliphatic carbocycles. The first kappa shape index (κ1) is 11.6. The number of carbonyl (C=O) groups is 1. The van der Waals surface area contributed by atoms with Crippen molar-refractivity contribution >= 4 is 11.6 Å². The molecule has 2 rings (SSSR count). The summed E-state index contributed by atoms with van der Waals surface area (Å²) in [4.78, 5) is 13.7. The van der Waals surface area contributed by atoms with E-state index in [4.69, 9.17) is 9.94 Å². The van der Waals surface area contributed by atoms with Gasteiger partial charge in [0.15, 0.2) is 5.71 Å². The van der Waals surface area contributed by atoms with Crippen LogP contribution in [0.25, 0.3) is 0 Å². The van der Waals surface area contributed by atoms with Crippen LogP contribution in [0.3, 0.4) is 0 Å². The quantitative estimate of drug-likeness (QED) is 0.466. The van der Waals surface area contributed by atoms with Crippen LogP contribution in [0, 0.1) is 0 Å². The predicted octanol–water partition coefficient (Wildman–Crippen LogP) is 0.724. The Balaban J connectivity index is 2.16. The topological polar surface area (TPSA) is 62.1 Å². The summed E-state index contributed by atoms with van der Waals surface area (Å²) >= 11 is 0. The van der Waals surface area contributed by atoms with Gasteiger partial charge in [0, 0.05) is 18.7 Å². The first-order valence-electron chi connectivity index (χ1n) is 5.47. The van der Waals surface area contributed by atoms with E-state index in [1.165, 1.54) is 0 Å². The summed E-state index contributed by atoms with van der Waals surface area (Å²) in [5, 5.41) is 12.1. The Kier molecular flexibility index (Phi) is 3.72. The Hall–Kier alpha value is -1.88. The zero-order valence-corrected chi connectivity index (χ0v) is 9.37. The van der Waals surface area contributed by atoms with E-state index in [0.29, 0.717) is 31.9 Å². The van der Waals surface area contributed by atoms with Crippen molar-refractivity contribution in [1.29, 1.82) is 0 Å². The van der Waals surface area contributed by atoms with Crippen LogP contribution in [-0.2, 0) is 9.53 Å². The van der Waals surface area contributed by atoms with Gasteiger partial charge in [-0.3, -0.25) is 4.79 Å². The van der Waals surface area contributed by atoms with Gasteiger partial charge < -0.3 is 14.8 Å². The number of hydrogen-bond acceptors (Lipinski definition) is 4. The van der Waals surface area contributed by atoms with Crippen molar-refractivity contribution in [2.75, 3.05) is 26.3 Å². The monoisotopic (exact) mass is 234 g/mol. The average molecular weight is 234 g/mol. The maximum Gasteiger partial charge on any atom is 0.276 e. The van der Waals surface area contributed by atoms with E-state index in [9.17, 15) is 4.79 Å². The van der Waals surface area contributed by atoms with Gasteiger partial charge in [0.2, 0.25) is 0 Å². The van der Waals surface area contributed by atoms with Gasteiger partial charge in [0.25, 0.3) is 5.91 Å². The molecule has 1 N–H and O–H groups in total. The third kappa shape index (κ3) is 2.62. The summed E-state index contributed by atoms with van der Waals surface area (Å²) in [7, 11) is 0. The molecule has 0 radical (unpaired) electrons. The molecule has 0 spiro atoms. The number of benzene rings is 1. The Bertz CT molecular complexity index is 411. The van der Waals surface area contributed by atoms with Gasteiger partial charge >= 0.3 is 0 Å². The Morgan fingerprint density at radius 1 is 1.24 bits per heavy atom. The third-order valence-electron chi connectivity index (χ3n) is 2.65. The van der Waals surface area contributed by atoms with E-state index in [1.54, 1.807) is 29.2 Å². The highest BCUT2D eigenvalue weighted by Crippen LogP contribution is 2.06. The predicted molar refractivity (Wildman–Crippen MR) is 62.2 cm³/mol. The zero-order chi connectivity index (χ0) is 12.1. The van der Waals surface area contributed by atoms with E-state index in [1.807, 2.05) is 6.07 Å². The van der Waals surface area contributed by atoms with Gasteiger partial charge in [-0.2, -0.15) is 0 Å². The van der Waals surface area contributed by atoms with Crippen molar-refractivity contribution in [3.63, 3.8) is 0 Å². The lowest BCUT2D eigenvalue weighted by atomic mass is 10.1. The lowest BCUT2D eigenvalue weighted by Crippen LogP contribution is -2.44. The average Bonchev–Trinajstić information content (AvgIpc) is 2.42. The normalized spacial score (nSPS) is 16.9.